The van der Waals surface area contributed by atoms with Gasteiger partial charge in [-0.2, -0.15) is 5.26 Å². The maximum Gasteiger partial charge on any atom is 0.0622 e. The lowest BCUT2D eigenvalue weighted by Gasteiger charge is -2.33. The van der Waals surface area contributed by atoms with Crippen LogP contribution in [0.1, 0.15) is 39.0 Å². The van der Waals surface area contributed by atoms with Crippen LogP contribution in [0.3, 0.4) is 0 Å². The second kappa shape index (κ2) is 5.16. The van der Waals surface area contributed by atoms with Gasteiger partial charge in [0.25, 0.3) is 0 Å². The molecule has 0 amide bonds. The Balaban J connectivity index is 2.16. The Morgan fingerprint density at radius 3 is 3.00 bits per heavy atom. The third-order valence-corrected chi connectivity index (χ3v) is 2.67. The summed E-state index contributed by atoms with van der Waals surface area (Å²) < 4.78 is 0. The van der Waals surface area contributed by atoms with Crippen LogP contribution >= 0.6 is 0 Å². The first kappa shape index (κ1) is 9.54. The number of piperidine rings is 1. The highest BCUT2D eigenvalue weighted by Crippen LogP contribution is 2.16. The van der Waals surface area contributed by atoms with E-state index in [4.69, 9.17) is 5.26 Å². The van der Waals surface area contributed by atoms with Crippen molar-refractivity contribution in [2.45, 2.75) is 45.1 Å². The average Bonchev–Trinajstić information content (AvgIpc) is 2.09. The Morgan fingerprint density at radius 1 is 1.50 bits per heavy atom. The van der Waals surface area contributed by atoms with E-state index < -0.39 is 0 Å². The van der Waals surface area contributed by atoms with Gasteiger partial charge < -0.3 is 4.90 Å². The number of hydrogen-bond donors (Lipinski definition) is 0. The number of unbranched alkanes of at least 4 members (excludes halogenated alkanes) is 1. The Kier molecular flexibility index (Phi) is 4.10. The van der Waals surface area contributed by atoms with Gasteiger partial charge in [0.15, 0.2) is 0 Å². The predicted octanol–water partition coefficient (Wildman–Crippen LogP) is 2.16. The third-order valence-electron chi connectivity index (χ3n) is 2.67. The van der Waals surface area contributed by atoms with Gasteiger partial charge in [-0.05, 0) is 39.3 Å². The van der Waals surface area contributed by atoms with Crippen molar-refractivity contribution in [3.8, 4) is 6.07 Å². The first-order valence-electron chi connectivity index (χ1n) is 4.95. The van der Waals surface area contributed by atoms with Gasteiger partial charge in [-0.1, -0.05) is 6.42 Å². The van der Waals surface area contributed by atoms with E-state index in [9.17, 15) is 0 Å². The van der Waals surface area contributed by atoms with Crippen LogP contribution in [0.5, 0.6) is 0 Å². The molecule has 1 rings (SSSR count). The molecule has 1 atom stereocenters. The molecule has 0 N–H and O–H groups in total. The van der Waals surface area contributed by atoms with Crippen LogP contribution < -0.4 is 0 Å². The minimum absolute atomic E-state index is 0.712. The third kappa shape index (κ3) is 2.83. The van der Waals surface area contributed by atoms with Crippen LogP contribution in [-0.2, 0) is 0 Å². The molecular weight excluding hydrogens is 148 g/mol. The van der Waals surface area contributed by atoms with Gasteiger partial charge in [0.05, 0.1) is 6.07 Å². The molecule has 0 saturated carbocycles. The molecule has 1 aliphatic rings. The van der Waals surface area contributed by atoms with Crippen molar-refractivity contribution in [2.24, 2.45) is 0 Å². The fraction of sp³-hybridized carbons (Fsp3) is 0.900. The molecule has 0 aromatic heterocycles. The van der Waals surface area contributed by atoms with Gasteiger partial charge >= 0.3 is 0 Å². The lowest BCUT2D eigenvalue weighted by molar-refractivity contribution is 0.159. The zero-order chi connectivity index (χ0) is 8.81. The number of hydrogen-bond acceptors (Lipinski definition) is 2. The summed E-state index contributed by atoms with van der Waals surface area (Å²) in [7, 11) is 0. The second-order valence-corrected chi connectivity index (χ2v) is 3.64. The highest BCUT2D eigenvalue weighted by molar-refractivity contribution is 4.75. The number of likely N-dealkylation sites (tertiary alicyclic amines) is 1. The molecule has 0 aromatic carbocycles. The molecule has 1 saturated heterocycles. The highest BCUT2D eigenvalue weighted by Gasteiger charge is 2.16. The van der Waals surface area contributed by atoms with E-state index in [1.807, 2.05) is 0 Å². The minimum atomic E-state index is 0.712. The molecule has 2 nitrogen and oxygen atoms in total. The largest absolute Gasteiger partial charge is 0.301 e. The first-order chi connectivity index (χ1) is 5.84. The van der Waals surface area contributed by atoms with Crippen LogP contribution in [0.15, 0.2) is 0 Å². The molecule has 0 bridgehead atoms. The van der Waals surface area contributed by atoms with E-state index in [-0.39, 0.29) is 0 Å². The van der Waals surface area contributed by atoms with Crippen molar-refractivity contribution in [3.05, 3.63) is 0 Å². The lowest BCUT2D eigenvalue weighted by Crippen LogP contribution is -2.37. The predicted molar refractivity (Wildman–Crippen MR) is 49.7 cm³/mol. The number of nitriles is 1. The van der Waals surface area contributed by atoms with E-state index in [1.54, 1.807) is 0 Å². The molecule has 1 fully saturated rings. The Labute approximate surface area is 75.2 Å². The lowest BCUT2D eigenvalue weighted by atomic mass is 10.0. The molecule has 1 unspecified atom stereocenters. The number of rotatable bonds is 3. The summed E-state index contributed by atoms with van der Waals surface area (Å²) in [4.78, 5) is 2.51. The maximum atomic E-state index is 8.39. The summed E-state index contributed by atoms with van der Waals surface area (Å²) in [6.07, 6.45) is 5.82. The fourth-order valence-corrected chi connectivity index (χ4v) is 1.85. The van der Waals surface area contributed by atoms with Crippen molar-refractivity contribution >= 4 is 0 Å². The van der Waals surface area contributed by atoms with E-state index >= 15 is 0 Å². The zero-order valence-corrected chi connectivity index (χ0v) is 7.92. The molecule has 1 aliphatic heterocycles. The first-order valence-corrected chi connectivity index (χ1v) is 4.95. The van der Waals surface area contributed by atoms with Crippen molar-refractivity contribution < 1.29 is 0 Å². The van der Waals surface area contributed by atoms with Crippen LogP contribution in [0, 0.1) is 11.3 Å². The van der Waals surface area contributed by atoms with Crippen LogP contribution in [0.25, 0.3) is 0 Å². The molecule has 0 aromatic rings. The van der Waals surface area contributed by atoms with Crippen LogP contribution in [-0.4, -0.2) is 24.0 Å². The normalized spacial score (nSPS) is 25.2. The Morgan fingerprint density at radius 2 is 2.33 bits per heavy atom. The van der Waals surface area contributed by atoms with Gasteiger partial charge in [-0.15, -0.1) is 0 Å². The summed E-state index contributed by atoms with van der Waals surface area (Å²) in [6.45, 7) is 4.66. The van der Waals surface area contributed by atoms with Crippen molar-refractivity contribution in [3.63, 3.8) is 0 Å². The maximum absolute atomic E-state index is 8.39. The summed E-state index contributed by atoms with van der Waals surface area (Å²) in [6, 6.07) is 2.94. The summed E-state index contributed by atoms with van der Waals surface area (Å²) in [5.41, 5.74) is 0. The van der Waals surface area contributed by atoms with Gasteiger partial charge in [0, 0.05) is 12.5 Å². The second-order valence-electron chi connectivity index (χ2n) is 3.64. The van der Waals surface area contributed by atoms with Crippen molar-refractivity contribution in [1.82, 2.24) is 4.90 Å². The molecule has 2 heteroatoms. The standard InChI is InChI=1S/C10H18N2/c1-10-6-2-4-8-12(10)9-5-3-7-11/h10H,2-6,8-9H2,1H3. The van der Waals surface area contributed by atoms with E-state index in [1.165, 1.54) is 25.8 Å². The molecule has 12 heavy (non-hydrogen) atoms. The average molecular weight is 166 g/mol. The van der Waals surface area contributed by atoms with Crippen LogP contribution in [0.4, 0.5) is 0 Å². The van der Waals surface area contributed by atoms with Crippen molar-refractivity contribution in [1.29, 1.82) is 5.26 Å². The number of nitrogens with zero attached hydrogens (tertiary/aromatic N) is 2. The zero-order valence-electron chi connectivity index (χ0n) is 7.92. The van der Waals surface area contributed by atoms with Crippen molar-refractivity contribution in [2.75, 3.05) is 13.1 Å². The molecule has 0 aliphatic carbocycles. The molecule has 0 spiro atoms. The smallest absolute Gasteiger partial charge is 0.0622 e. The quantitative estimate of drug-likeness (QED) is 0.601. The summed E-state index contributed by atoms with van der Waals surface area (Å²) >= 11 is 0. The molecule has 0 radical (unpaired) electrons. The van der Waals surface area contributed by atoms with Gasteiger partial charge in [0.1, 0.15) is 0 Å². The van der Waals surface area contributed by atoms with Gasteiger partial charge in [-0.25, -0.2) is 0 Å². The minimum Gasteiger partial charge on any atom is -0.301 e. The highest BCUT2D eigenvalue weighted by atomic mass is 15.1. The van der Waals surface area contributed by atoms with Gasteiger partial charge in [0.2, 0.25) is 0 Å². The van der Waals surface area contributed by atoms with E-state index in [0.717, 1.165) is 19.0 Å². The Hall–Kier alpha value is -0.550. The molecular formula is C10H18N2. The Bertz CT molecular complexity index is 160. The fourth-order valence-electron chi connectivity index (χ4n) is 1.85. The molecule has 1 heterocycles. The topological polar surface area (TPSA) is 27.0 Å². The molecule has 68 valence electrons. The van der Waals surface area contributed by atoms with Crippen LogP contribution in [0.2, 0.25) is 0 Å². The summed E-state index contributed by atoms with van der Waals surface area (Å²) in [5.74, 6) is 0. The SMILES string of the molecule is CC1CCCCN1CCCC#N. The van der Waals surface area contributed by atoms with Gasteiger partial charge in [-0.3, -0.25) is 0 Å². The van der Waals surface area contributed by atoms with E-state index in [0.29, 0.717) is 6.42 Å². The van der Waals surface area contributed by atoms with E-state index in [2.05, 4.69) is 17.9 Å². The monoisotopic (exact) mass is 166 g/mol. The summed E-state index contributed by atoms with van der Waals surface area (Å²) in [5, 5.41) is 8.39.